The molecule has 1 aliphatic carbocycles. The van der Waals surface area contributed by atoms with Crippen LogP contribution in [0.2, 0.25) is 0 Å². The zero-order valence-corrected chi connectivity index (χ0v) is 22.1. The molecule has 10 nitrogen and oxygen atoms in total. The zero-order valence-electron chi connectivity index (χ0n) is 21.3. The van der Waals surface area contributed by atoms with E-state index < -0.39 is 15.6 Å². The average molecular weight is 538 g/mol. The van der Waals surface area contributed by atoms with Gasteiger partial charge in [0.2, 0.25) is 15.9 Å². The molecule has 2 saturated heterocycles. The van der Waals surface area contributed by atoms with Crippen molar-refractivity contribution < 1.29 is 22.7 Å². The summed E-state index contributed by atoms with van der Waals surface area (Å²) in [4.78, 5) is 30.5. The first-order chi connectivity index (χ1) is 18.3. The molecule has 0 radical (unpaired) electrons. The van der Waals surface area contributed by atoms with E-state index >= 15 is 0 Å². The number of nitrogens with one attached hydrogen (secondary N) is 2. The van der Waals surface area contributed by atoms with Crippen molar-refractivity contribution in [1.29, 1.82) is 0 Å². The van der Waals surface area contributed by atoms with Crippen molar-refractivity contribution >= 4 is 27.8 Å². The number of morpholine rings is 1. The molecule has 2 aromatic rings. The van der Waals surface area contributed by atoms with Crippen molar-refractivity contribution in [2.45, 2.75) is 48.8 Å². The quantitative estimate of drug-likeness (QED) is 0.619. The Morgan fingerprint density at radius 3 is 2.47 bits per heavy atom. The lowest BCUT2D eigenvalue weighted by Gasteiger charge is -2.46. The molecule has 2 aromatic carbocycles. The summed E-state index contributed by atoms with van der Waals surface area (Å²) in [5, 5.41) is 5.26. The van der Waals surface area contributed by atoms with Gasteiger partial charge in [-0.2, -0.15) is 4.31 Å². The maximum Gasteiger partial charge on any atom is 0.320 e. The standard InChI is InChI=1S/C27H31N5O5S/c1-28-26(34)30-25-23-9-4-19(14-20(23)15-29-25)18-2-7-22(8-3-18)38(35,36)31-12-10-27(11-13-31)17-32(21-5-6-21)24(33)16-37-27/h2-4,7-9,14,21H,5-6,10-13,15-17H2,1H3,(H2,28,29,30,34). The highest BCUT2D eigenvalue weighted by atomic mass is 32.2. The van der Waals surface area contributed by atoms with E-state index in [1.807, 2.05) is 35.2 Å². The van der Waals surface area contributed by atoms with Gasteiger partial charge in [0.1, 0.15) is 12.4 Å². The first-order valence-corrected chi connectivity index (χ1v) is 14.4. The fraction of sp³-hybridized carbons (Fsp3) is 0.444. The molecular formula is C27H31N5O5S. The van der Waals surface area contributed by atoms with Crippen LogP contribution in [0.15, 0.2) is 52.4 Å². The van der Waals surface area contributed by atoms with Gasteiger partial charge >= 0.3 is 6.03 Å². The van der Waals surface area contributed by atoms with Crippen molar-refractivity contribution in [2.75, 3.05) is 33.3 Å². The van der Waals surface area contributed by atoms with Crippen molar-refractivity contribution in [3.05, 3.63) is 53.6 Å². The van der Waals surface area contributed by atoms with Crippen LogP contribution in [0.5, 0.6) is 0 Å². The van der Waals surface area contributed by atoms with Crippen LogP contribution in [-0.4, -0.2) is 80.3 Å². The Balaban J connectivity index is 1.12. The van der Waals surface area contributed by atoms with Crippen molar-refractivity contribution in [1.82, 2.24) is 19.8 Å². The highest BCUT2D eigenvalue weighted by Crippen LogP contribution is 2.37. The van der Waals surface area contributed by atoms with Crippen LogP contribution in [-0.2, 0) is 26.1 Å². The lowest BCUT2D eigenvalue weighted by Crippen LogP contribution is -2.59. The maximum atomic E-state index is 13.4. The lowest BCUT2D eigenvalue weighted by molar-refractivity contribution is -0.170. The highest BCUT2D eigenvalue weighted by molar-refractivity contribution is 7.89. The number of carbonyl (C=O) groups is 2. The lowest BCUT2D eigenvalue weighted by atomic mass is 9.90. The SMILES string of the molecule is CNC(=O)NC1=NCc2cc(-c3ccc(S(=O)(=O)N4CCC5(CC4)CN(C4CC4)C(=O)CO5)cc3)ccc21. The summed E-state index contributed by atoms with van der Waals surface area (Å²) in [7, 11) is -2.09. The van der Waals surface area contributed by atoms with Gasteiger partial charge in [0.25, 0.3) is 0 Å². The van der Waals surface area contributed by atoms with Gasteiger partial charge in [-0.15, -0.1) is 0 Å². The third-order valence-corrected chi connectivity index (χ3v) is 9.87. The zero-order chi connectivity index (χ0) is 26.5. The first kappa shape index (κ1) is 25.0. The largest absolute Gasteiger partial charge is 0.363 e. The minimum atomic E-state index is -3.64. The van der Waals surface area contributed by atoms with E-state index in [0.717, 1.165) is 35.1 Å². The molecule has 11 heteroatoms. The predicted molar refractivity (Wildman–Crippen MR) is 141 cm³/mol. The summed E-state index contributed by atoms with van der Waals surface area (Å²) in [5.41, 5.74) is 3.29. The van der Waals surface area contributed by atoms with E-state index in [9.17, 15) is 18.0 Å². The minimum absolute atomic E-state index is 0.0464. The van der Waals surface area contributed by atoms with Gasteiger partial charge in [-0.1, -0.05) is 24.3 Å². The number of aliphatic imine (C=N–C) groups is 1. The summed E-state index contributed by atoms with van der Waals surface area (Å²) in [6, 6.07) is 12.9. The molecule has 1 saturated carbocycles. The third-order valence-electron chi connectivity index (χ3n) is 7.95. The van der Waals surface area contributed by atoms with E-state index in [1.165, 1.54) is 4.31 Å². The van der Waals surface area contributed by atoms with Crippen molar-refractivity contribution in [2.24, 2.45) is 4.99 Å². The van der Waals surface area contributed by atoms with Crippen LogP contribution >= 0.6 is 0 Å². The molecule has 0 atom stereocenters. The number of rotatable bonds is 4. The number of hydrogen-bond donors (Lipinski definition) is 2. The van der Waals surface area contributed by atoms with Crippen LogP contribution < -0.4 is 10.6 Å². The Bertz CT molecular complexity index is 1410. The van der Waals surface area contributed by atoms with Crippen LogP contribution in [0, 0.1) is 0 Å². The molecule has 6 rings (SSSR count). The van der Waals surface area contributed by atoms with Gasteiger partial charge in [0.05, 0.1) is 23.6 Å². The second-order valence-corrected chi connectivity index (χ2v) is 12.3. The Kier molecular flexibility index (Phi) is 6.24. The van der Waals surface area contributed by atoms with Gasteiger partial charge in [-0.25, -0.2) is 13.2 Å². The summed E-state index contributed by atoms with van der Waals surface area (Å²) < 4.78 is 34.3. The third kappa shape index (κ3) is 4.59. The van der Waals surface area contributed by atoms with Gasteiger partial charge in [-0.3, -0.25) is 15.1 Å². The van der Waals surface area contributed by atoms with E-state index in [0.29, 0.717) is 50.9 Å². The van der Waals surface area contributed by atoms with Crippen LogP contribution in [0.25, 0.3) is 11.1 Å². The summed E-state index contributed by atoms with van der Waals surface area (Å²) in [5.74, 6) is 0.589. The molecule has 4 aliphatic rings. The molecule has 38 heavy (non-hydrogen) atoms. The maximum absolute atomic E-state index is 13.4. The molecule has 3 heterocycles. The number of benzene rings is 2. The fourth-order valence-electron chi connectivity index (χ4n) is 5.53. The number of fused-ring (bicyclic) bond motifs is 1. The molecule has 3 amide bonds. The number of ether oxygens (including phenoxy) is 1. The molecule has 1 spiro atoms. The molecular weight excluding hydrogens is 506 g/mol. The molecule has 3 aliphatic heterocycles. The number of nitrogens with zero attached hydrogens (tertiary/aromatic N) is 3. The smallest absolute Gasteiger partial charge is 0.320 e. The van der Waals surface area contributed by atoms with Crippen molar-refractivity contribution in [3.8, 4) is 11.1 Å². The number of piperidine rings is 1. The fourth-order valence-corrected chi connectivity index (χ4v) is 6.97. The van der Waals surface area contributed by atoms with E-state index in [4.69, 9.17) is 4.74 Å². The van der Waals surface area contributed by atoms with Gasteiger partial charge < -0.3 is 15.0 Å². The average Bonchev–Trinajstić information content (AvgIpc) is 3.71. The second kappa shape index (κ2) is 9.48. The van der Waals surface area contributed by atoms with Crippen molar-refractivity contribution in [3.63, 3.8) is 0 Å². The van der Waals surface area contributed by atoms with Gasteiger partial charge in [0, 0.05) is 31.7 Å². The number of urea groups is 1. The predicted octanol–water partition coefficient (Wildman–Crippen LogP) is 2.09. The van der Waals surface area contributed by atoms with Crippen LogP contribution in [0.1, 0.15) is 36.8 Å². The molecule has 0 unspecified atom stereocenters. The number of amides is 3. The highest BCUT2D eigenvalue weighted by Gasteiger charge is 2.47. The van der Waals surface area contributed by atoms with Crippen LogP contribution in [0.4, 0.5) is 4.79 Å². The van der Waals surface area contributed by atoms with E-state index in [2.05, 4.69) is 15.6 Å². The summed E-state index contributed by atoms with van der Waals surface area (Å²) in [6.45, 7) is 1.86. The van der Waals surface area contributed by atoms with E-state index in [-0.39, 0.29) is 23.4 Å². The Morgan fingerprint density at radius 2 is 1.79 bits per heavy atom. The van der Waals surface area contributed by atoms with Gasteiger partial charge in [-0.05, 0) is 60.6 Å². The monoisotopic (exact) mass is 537 g/mol. The number of carbonyl (C=O) groups excluding carboxylic acids is 2. The molecule has 3 fully saturated rings. The summed E-state index contributed by atoms with van der Waals surface area (Å²) >= 11 is 0. The minimum Gasteiger partial charge on any atom is -0.363 e. The number of amidine groups is 1. The molecule has 2 N–H and O–H groups in total. The molecule has 0 aromatic heterocycles. The Hall–Kier alpha value is -3.28. The first-order valence-electron chi connectivity index (χ1n) is 13.0. The second-order valence-electron chi connectivity index (χ2n) is 10.4. The van der Waals surface area contributed by atoms with Crippen LogP contribution in [0.3, 0.4) is 0 Å². The van der Waals surface area contributed by atoms with Gasteiger partial charge in [0.15, 0.2) is 0 Å². The topological polar surface area (TPSA) is 120 Å². The number of hydrogen-bond acceptors (Lipinski definition) is 6. The molecule has 0 bridgehead atoms. The summed E-state index contributed by atoms with van der Waals surface area (Å²) in [6.07, 6.45) is 3.25. The normalized spacial score (nSPS) is 21.2. The number of sulfonamides is 1. The van der Waals surface area contributed by atoms with E-state index in [1.54, 1.807) is 19.2 Å². The Labute approximate surface area is 222 Å². The molecule has 200 valence electrons. The Morgan fingerprint density at radius 1 is 1.08 bits per heavy atom.